The summed E-state index contributed by atoms with van der Waals surface area (Å²) in [7, 11) is 0. The second-order valence-electron chi connectivity index (χ2n) is 5.11. The second kappa shape index (κ2) is 8.56. The first-order chi connectivity index (χ1) is 9.00. The first kappa shape index (κ1) is 16.5. The van der Waals surface area contributed by atoms with Crippen molar-refractivity contribution >= 4 is 15.9 Å². The van der Waals surface area contributed by atoms with Gasteiger partial charge in [-0.15, -0.1) is 0 Å². The van der Waals surface area contributed by atoms with Crippen LogP contribution in [0.4, 0.5) is 0 Å². The average molecular weight is 330 g/mol. The van der Waals surface area contributed by atoms with Crippen molar-refractivity contribution in [3.8, 4) is 5.75 Å². The largest absolute Gasteiger partial charge is 0.491 e. The van der Waals surface area contributed by atoms with Crippen LogP contribution < -0.4 is 10.5 Å². The van der Waals surface area contributed by atoms with E-state index in [1.54, 1.807) is 0 Å². The van der Waals surface area contributed by atoms with Crippen molar-refractivity contribution in [3.63, 3.8) is 0 Å². The van der Waals surface area contributed by atoms with Crippen molar-refractivity contribution in [1.29, 1.82) is 0 Å². The van der Waals surface area contributed by atoms with Gasteiger partial charge in [-0.2, -0.15) is 0 Å². The fourth-order valence-electron chi connectivity index (χ4n) is 1.64. The fraction of sp³-hybridized carbons (Fsp3) is 0.600. The standard InChI is InChI=1S/C15H24BrNO2/c1-11(2)6-7-18-8-9-19-15-5-4-13(16)10-14(15)12(3)17/h4-5,10-12H,6-9,17H2,1-3H3/t12-/m0/s1. The van der Waals surface area contributed by atoms with Crippen LogP contribution in [-0.2, 0) is 4.74 Å². The van der Waals surface area contributed by atoms with E-state index in [0.29, 0.717) is 19.1 Å². The van der Waals surface area contributed by atoms with Gasteiger partial charge < -0.3 is 15.2 Å². The van der Waals surface area contributed by atoms with Gasteiger partial charge in [-0.1, -0.05) is 29.8 Å². The lowest BCUT2D eigenvalue weighted by atomic mass is 10.1. The summed E-state index contributed by atoms with van der Waals surface area (Å²) in [6, 6.07) is 5.85. The highest BCUT2D eigenvalue weighted by atomic mass is 79.9. The fourth-order valence-corrected chi connectivity index (χ4v) is 2.02. The van der Waals surface area contributed by atoms with Crippen LogP contribution in [-0.4, -0.2) is 19.8 Å². The smallest absolute Gasteiger partial charge is 0.124 e. The topological polar surface area (TPSA) is 44.5 Å². The van der Waals surface area contributed by atoms with Gasteiger partial charge in [0.1, 0.15) is 12.4 Å². The maximum Gasteiger partial charge on any atom is 0.124 e. The van der Waals surface area contributed by atoms with Crippen LogP contribution in [0.25, 0.3) is 0 Å². The lowest BCUT2D eigenvalue weighted by Crippen LogP contribution is -2.12. The summed E-state index contributed by atoms with van der Waals surface area (Å²) in [5.41, 5.74) is 6.95. The van der Waals surface area contributed by atoms with E-state index in [0.717, 1.165) is 28.8 Å². The normalized spacial score (nSPS) is 12.7. The molecule has 1 rings (SSSR count). The maximum atomic E-state index is 5.94. The molecule has 19 heavy (non-hydrogen) atoms. The highest BCUT2D eigenvalue weighted by Crippen LogP contribution is 2.27. The van der Waals surface area contributed by atoms with Crippen LogP contribution in [0.1, 0.15) is 38.8 Å². The van der Waals surface area contributed by atoms with Gasteiger partial charge in [-0.05, 0) is 37.5 Å². The molecule has 0 saturated carbocycles. The van der Waals surface area contributed by atoms with Crippen molar-refractivity contribution in [2.24, 2.45) is 11.7 Å². The number of halogens is 1. The third kappa shape index (κ3) is 6.41. The summed E-state index contributed by atoms with van der Waals surface area (Å²) in [4.78, 5) is 0. The van der Waals surface area contributed by atoms with E-state index in [2.05, 4.69) is 29.8 Å². The molecule has 2 N–H and O–H groups in total. The molecule has 1 atom stereocenters. The molecule has 0 aliphatic rings. The lowest BCUT2D eigenvalue weighted by molar-refractivity contribution is 0.0922. The molecule has 0 fully saturated rings. The molecule has 0 heterocycles. The van der Waals surface area contributed by atoms with Gasteiger partial charge in [0.2, 0.25) is 0 Å². The molecule has 0 amide bonds. The molecule has 3 nitrogen and oxygen atoms in total. The summed E-state index contributed by atoms with van der Waals surface area (Å²) in [6.45, 7) is 8.29. The van der Waals surface area contributed by atoms with Gasteiger partial charge in [0.15, 0.2) is 0 Å². The van der Waals surface area contributed by atoms with E-state index in [-0.39, 0.29) is 6.04 Å². The van der Waals surface area contributed by atoms with Gasteiger partial charge in [-0.3, -0.25) is 0 Å². The van der Waals surface area contributed by atoms with Gasteiger partial charge >= 0.3 is 0 Å². The molecule has 0 aromatic heterocycles. The number of hydrogen-bond acceptors (Lipinski definition) is 3. The molecule has 4 heteroatoms. The first-order valence-corrected chi connectivity index (χ1v) is 7.55. The number of nitrogens with two attached hydrogens (primary N) is 1. The van der Waals surface area contributed by atoms with Crippen LogP contribution in [0, 0.1) is 5.92 Å². The van der Waals surface area contributed by atoms with Crippen LogP contribution in [0.2, 0.25) is 0 Å². The van der Waals surface area contributed by atoms with E-state index < -0.39 is 0 Å². The molecular formula is C15H24BrNO2. The minimum absolute atomic E-state index is 0.0469. The summed E-state index contributed by atoms with van der Waals surface area (Å²) in [5.74, 6) is 1.52. The molecule has 108 valence electrons. The second-order valence-corrected chi connectivity index (χ2v) is 6.03. The van der Waals surface area contributed by atoms with E-state index in [1.807, 2.05) is 25.1 Å². The van der Waals surface area contributed by atoms with Crippen LogP contribution in [0.5, 0.6) is 5.75 Å². The Balaban J connectivity index is 2.37. The highest BCUT2D eigenvalue weighted by molar-refractivity contribution is 9.10. The highest BCUT2D eigenvalue weighted by Gasteiger charge is 2.08. The number of rotatable bonds is 8. The van der Waals surface area contributed by atoms with Crippen LogP contribution in [0.15, 0.2) is 22.7 Å². The zero-order valence-electron chi connectivity index (χ0n) is 12.0. The lowest BCUT2D eigenvalue weighted by Gasteiger charge is -2.14. The predicted molar refractivity (Wildman–Crippen MR) is 82.5 cm³/mol. The molecule has 1 aromatic rings. The molecule has 0 bridgehead atoms. The SMILES string of the molecule is CC(C)CCOCCOc1ccc(Br)cc1[C@H](C)N. The Hall–Kier alpha value is -0.580. The molecule has 1 aromatic carbocycles. The minimum atomic E-state index is -0.0469. The Morgan fingerprint density at radius 2 is 1.89 bits per heavy atom. The molecular weight excluding hydrogens is 306 g/mol. The van der Waals surface area contributed by atoms with E-state index in [1.165, 1.54) is 0 Å². The zero-order valence-corrected chi connectivity index (χ0v) is 13.6. The number of benzene rings is 1. The Kier molecular flexibility index (Phi) is 7.42. The van der Waals surface area contributed by atoms with Crippen molar-refractivity contribution in [2.75, 3.05) is 19.8 Å². The zero-order chi connectivity index (χ0) is 14.3. The van der Waals surface area contributed by atoms with E-state index in [9.17, 15) is 0 Å². The van der Waals surface area contributed by atoms with Crippen molar-refractivity contribution in [2.45, 2.75) is 33.2 Å². The van der Waals surface area contributed by atoms with Gasteiger partial charge in [0, 0.05) is 22.7 Å². The van der Waals surface area contributed by atoms with Crippen LogP contribution >= 0.6 is 15.9 Å². The van der Waals surface area contributed by atoms with Crippen molar-refractivity contribution in [1.82, 2.24) is 0 Å². The Bertz CT molecular complexity index is 380. The summed E-state index contributed by atoms with van der Waals surface area (Å²) in [6.07, 6.45) is 1.09. The maximum absolute atomic E-state index is 5.94. The third-order valence-electron chi connectivity index (χ3n) is 2.79. The Morgan fingerprint density at radius 1 is 1.16 bits per heavy atom. The monoisotopic (exact) mass is 329 g/mol. The van der Waals surface area contributed by atoms with Gasteiger partial charge in [-0.25, -0.2) is 0 Å². The Labute approximate surface area is 124 Å². The summed E-state index contributed by atoms with van der Waals surface area (Å²) >= 11 is 3.44. The Morgan fingerprint density at radius 3 is 2.53 bits per heavy atom. The average Bonchev–Trinajstić information content (AvgIpc) is 2.34. The molecule has 0 unspecified atom stereocenters. The number of ether oxygens (including phenoxy) is 2. The quantitative estimate of drug-likeness (QED) is 0.735. The van der Waals surface area contributed by atoms with E-state index >= 15 is 0 Å². The molecule has 0 radical (unpaired) electrons. The number of hydrogen-bond donors (Lipinski definition) is 1. The first-order valence-electron chi connectivity index (χ1n) is 6.76. The third-order valence-corrected chi connectivity index (χ3v) is 3.28. The molecule has 0 saturated heterocycles. The van der Waals surface area contributed by atoms with Crippen LogP contribution in [0.3, 0.4) is 0 Å². The molecule has 0 aliphatic carbocycles. The van der Waals surface area contributed by atoms with Gasteiger partial charge in [0.05, 0.1) is 6.61 Å². The van der Waals surface area contributed by atoms with Crippen molar-refractivity contribution < 1.29 is 9.47 Å². The molecule has 0 spiro atoms. The van der Waals surface area contributed by atoms with E-state index in [4.69, 9.17) is 15.2 Å². The summed E-state index contributed by atoms with van der Waals surface area (Å²) in [5, 5.41) is 0. The van der Waals surface area contributed by atoms with Crippen molar-refractivity contribution in [3.05, 3.63) is 28.2 Å². The summed E-state index contributed by atoms with van der Waals surface area (Å²) < 4.78 is 12.3. The molecule has 0 aliphatic heterocycles. The predicted octanol–water partition coefficient (Wildman–Crippen LogP) is 3.91. The minimum Gasteiger partial charge on any atom is -0.491 e. The van der Waals surface area contributed by atoms with Gasteiger partial charge in [0.25, 0.3) is 0 Å².